The molecule has 0 saturated carbocycles. The molecule has 0 aliphatic rings. The molecule has 0 fully saturated rings. The zero-order valence-corrected chi connectivity index (χ0v) is 19.3. The van der Waals surface area contributed by atoms with Crippen LogP contribution < -0.4 is 0 Å². The fourth-order valence-electron chi connectivity index (χ4n) is 3.56. The second kappa shape index (κ2) is 9.99. The summed E-state index contributed by atoms with van der Waals surface area (Å²) in [5.74, 6) is -0.00403. The quantitative estimate of drug-likeness (QED) is 0.278. The zero-order chi connectivity index (χ0) is 21.6. The number of hydrogen-bond acceptors (Lipinski definition) is 1. The molecule has 31 heavy (non-hydrogen) atoms. The van der Waals surface area contributed by atoms with Gasteiger partial charge in [0.15, 0.2) is 0 Å². The first-order chi connectivity index (χ1) is 15.1. The maximum Gasteiger partial charge on any atom is 0.254 e. The Kier molecular flexibility index (Phi) is 6.90. The molecule has 0 radical (unpaired) electrons. The van der Waals surface area contributed by atoms with E-state index in [1.54, 1.807) is 0 Å². The second-order valence-electron chi connectivity index (χ2n) is 7.38. The SMILES string of the molecule is O=C(c1cccc(Br)c1)N(Cc1ccccc1)Cc1cccn1Cc1ccccc1Cl. The van der Waals surface area contributed by atoms with E-state index in [0.29, 0.717) is 25.2 Å². The van der Waals surface area contributed by atoms with Gasteiger partial charge in [-0.2, -0.15) is 0 Å². The number of nitrogens with zero attached hydrogens (tertiary/aromatic N) is 2. The van der Waals surface area contributed by atoms with Gasteiger partial charge in [0, 0.05) is 40.0 Å². The number of halogens is 2. The molecule has 0 bridgehead atoms. The van der Waals surface area contributed by atoms with Crippen LogP contribution in [0.15, 0.2) is 102 Å². The molecule has 0 saturated heterocycles. The molecule has 4 rings (SSSR count). The van der Waals surface area contributed by atoms with Crippen LogP contribution in [-0.2, 0) is 19.6 Å². The lowest BCUT2D eigenvalue weighted by Crippen LogP contribution is -2.31. The van der Waals surface area contributed by atoms with Crippen molar-refractivity contribution >= 4 is 33.4 Å². The van der Waals surface area contributed by atoms with Crippen molar-refractivity contribution in [1.82, 2.24) is 9.47 Å². The summed E-state index contributed by atoms with van der Waals surface area (Å²) in [5.41, 5.74) is 3.86. The first-order valence-corrected chi connectivity index (χ1v) is 11.2. The molecule has 3 nitrogen and oxygen atoms in total. The molecule has 0 aliphatic heterocycles. The molecule has 3 aromatic carbocycles. The monoisotopic (exact) mass is 492 g/mol. The second-order valence-corrected chi connectivity index (χ2v) is 8.70. The van der Waals surface area contributed by atoms with Crippen molar-refractivity contribution < 1.29 is 4.79 Å². The Morgan fingerprint density at radius 3 is 2.42 bits per heavy atom. The van der Waals surface area contributed by atoms with Crippen molar-refractivity contribution in [3.63, 3.8) is 0 Å². The summed E-state index contributed by atoms with van der Waals surface area (Å²) < 4.78 is 3.04. The van der Waals surface area contributed by atoms with Crippen molar-refractivity contribution in [3.05, 3.63) is 129 Å². The van der Waals surface area contributed by atoms with Crippen LogP contribution in [0.2, 0.25) is 5.02 Å². The number of benzene rings is 3. The van der Waals surface area contributed by atoms with E-state index in [1.807, 2.05) is 96.0 Å². The summed E-state index contributed by atoms with van der Waals surface area (Å²) in [7, 11) is 0. The third-order valence-corrected chi connectivity index (χ3v) is 6.01. The standard InChI is InChI=1S/C26H22BrClN2O/c27-23-12-6-11-21(16-23)26(31)30(17-20-8-2-1-3-9-20)19-24-13-7-15-29(24)18-22-10-4-5-14-25(22)28/h1-16H,17-19H2. The van der Waals surface area contributed by atoms with Crippen molar-refractivity contribution in [2.24, 2.45) is 0 Å². The van der Waals surface area contributed by atoms with Crippen molar-refractivity contribution in [2.75, 3.05) is 0 Å². The van der Waals surface area contributed by atoms with E-state index >= 15 is 0 Å². The Hall–Kier alpha value is -2.82. The molecular weight excluding hydrogens is 472 g/mol. The highest BCUT2D eigenvalue weighted by atomic mass is 79.9. The van der Waals surface area contributed by atoms with Gasteiger partial charge in [-0.3, -0.25) is 4.79 Å². The molecule has 0 N–H and O–H groups in total. The molecule has 4 aromatic rings. The molecule has 156 valence electrons. The fraction of sp³-hybridized carbons (Fsp3) is 0.115. The third kappa shape index (κ3) is 5.46. The lowest BCUT2D eigenvalue weighted by Gasteiger charge is -2.24. The number of hydrogen-bond donors (Lipinski definition) is 0. The number of carbonyl (C=O) groups is 1. The van der Waals surface area contributed by atoms with Gasteiger partial charge in [-0.05, 0) is 47.5 Å². The zero-order valence-electron chi connectivity index (χ0n) is 16.9. The van der Waals surface area contributed by atoms with Gasteiger partial charge in [-0.1, -0.05) is 82.1 Å². The Morgan fingerprint density at radius 2 is 1.65 bits per heavy atom. The molecule has 0 unspecified atom stereocenters. The molecular formula is C26H22BrClN2O. The number of aromatic nitrogens is 1. The largest absolute Gasteiger partial charge is 0.345 e. The predicted octanol–water partition coefficient (Wildman–Crippen LogP) is 6.79. The number of amides is 1. The van der Waals surface area contributed by atoms with Gasteiger partial charge < -0.3 is 9.47 Å². The van der Waals surface area contributed by atoms with Crippen LogP contribution in [0.1, 0.15) is 27.2 Å². The summed E-state index contributed by atoms with van der Waals surface area (Å²) in [4.78, 5) is 15.3. The summed E-state index contributed by atoms with van der Waals surface area (Å²) in [6, 6.07) is 29.5. The van der Waals surface area contributed by atoms with Gasteiger partial charge in [-0.15, -0.1) is 0 Å². The highest BCUT2D eigenvalue weighted by Gasteiger charge is 2.19. The first kappa shape index (κ1) is 21.4. The molecule has 1 heterocycles. The van der Waals surface area contributed by atoms with Crippen LogP contribution in [0.3, 0.4) is 0 Å². The molecule has 1 amide bonds. The van der Waals surface area contributed by atoms with Crippen LogP contribution in [-0.4, -0.2) is 15.4 Å². The molecule has 0 aliphatic carbocycles. The van der Waals surface area contributed by atoms with Crippen LogP contribution >= 0.6 is 27.5 Å². The summed E-state index contributed by atoms with van der Waals surface area (Å²) in [6.45, 7) is 1.69. The smallest absolute Gasteiger partial charge is 0.254 e. The van der Waals surface area contributed by atoms with Crippen molar-refractivity contribution in [1.29, 1.82) is 0 Å². The van der Waals surface area contributed by atoms with E-state index in [-0.39, 0.29) is 5.91 Å². The Balaban J connectivity index is 1.61. The molecule has 5 heteroatoms. The topological polar surface area (TPSA) is 25.2 Å². The summed E-state index contributed by atoms with van der Waals surface area (Å²) >= 11 is 9.84. The Bertz CT molecular complexity index is 1170. The third-order valence-electron chi connectivity index (χ3n) is 5.15. The summed E-state index contributed by atoms with van der Waals surface area (Å²) in [6.07, 6.45) is 2.03. The average Bonchev–Trinajstić information content (AvgIpc) is 3.21. The normalized spacial score (nSPS) is 10.8. The highest BCUT2D eigenvalue weighted by molar-refractivity contribution is 9.10. The molecule has 0 atom stereocenters. The minimum absolute atomic E-state index is 0.00403. The fourth-order valence-corrected chi connectivity index (χ4v) is 4.16. The van der Waals surface area contributed by atoms with Crippen LogP contribution in [0.4, 0.5) is 0 Å². The van der Waals surface area contributed by atoms with Crippen molar-refractivity contribution in [2.45, 2.75) is 19.6 Å². The minimum Gasteiger partial charge on any atom is -0.345 e. The van der Waals surface area contributed by atoms with Crippen LogP contribution in [0.25, 0.3) is 0 Å². The van der Waals surface area contributed by atoms with E-state index in [1.165, 1.54) is 0 Å². The van der Waals surface area contributed by atoms with Crippen LogP contribution in [0, 0.1) is 0 Å². The maximum absolute atomic E-state index is 13.4. The predicted molar refractivity (Wildman–Crippen MR) is 129 cm³/mol. The first-order valence-electron chi connectivity index (χ1n) is 10.1. The highest BCUT2D eigenvalue weighted by Crippen LogP contribution is 2.20. The van der Waals surface area contributed by atoms with E-state index < -0.39 is 0 Å². The Morgan fingerprint density at radius 1 is 0.871 bits per heavy atom. The molecule has 0 spiro atoms. The number of rotatable bonds is 7. The van der Waals surface area contributed by atoms with Gasteiger partial charge in [0.2, 0.25) is 0 Å². The molecule has 1 aromatic heterocycles. The Labute approximate surface area is 196 Å². The summed E-state index contributed by atoms with van der Waals surface area (Å²) in [5, 5.41) is 0.744. The lowest BCUT2D eigenvalue weighted by atomic mass is 10.1. The van der Waals surface area contributed by atoms with Crippen molar-refractivity contribution in [3.8, 4) is 0 Å². The van der Waals surface area contributed by atoms with Gasteiger partial charge in [0.25, 0.3) is 5.91 Å². The van der Waals surface area contributed by atoms with Gasteiger partial charge in [-0.25, -0.2) is 0 Å². The number of carbonyl (C=O) groups excluding carboxylic acids is 1. The van der Waals surface area contributed by atoms with E-state index in [0.717, 1.165) is 26.3 Å². The van der Waals surface area contributed by atoms with Gasteiger partial charge in [0.1, 0.15) is 0 Å². The lowest BCUT2D eigenvalue weighted by molar-refractivity contribution is 0.0726. The minimum atomic E-state index is -0.00403. The van der Waals surface area contributed by atoms with E-state index in [2.05, 4.69) is 26.6 Å². The van der Waals surface area contributed by atoms with E-state index in [4.69, 9.17) is 11.6 Å². The van der Waals surface area contributed by atoms with Gasteiger partial charge in [0.05, 0.1) is 6.54 Å². The average molecular weight is 494 g/mol. The maximum atomic E-state index is 13.4. The van der Waals surface area contributed by atoms with Gasteiger partial charge >= 0.3 is 0 Å². The van der Waals surface area contributed by atoms with Crippen LogP contribution in [0.5, 0.6) is 0 Å². The van der Waals surface area contributed by atoms with E-state index in [9.17, 15) is 4.79 Å².